The summed E-state index contributed by atoms with van der Waals surface area (Å²) in [5.41, 5.74) is 5.47. The Morgan fingerprint density at radius 3 is 2.91 bits per heavy atom. The molecule has 0 unspecified atom stereocenters. The van der Waals surface area contributed by atoms with Gasteiger partial charge < -0.3 is 10.5 Å². The summed E-state index contributed by atoms with van der Waals surface area (Å²) in [7, 11) is 0. The summed E-state index contributed by atoms with van der Waals surface area (Å²) >= 11 is 1.50. The normalized spacial score (nSPS) is 30.9. The molecule has 0 spiro atoms. The molecule has 23 heavy (non-hydrogen) atoms. The number of aliphatic imine (C=N–C) groups is 1. The van der Waals surface area contributed by atoms with Gasteiger partial charge >= 0.3 is 0 Å². The van der Waals surface area contributed by atoms with E-state index in [2.05, 4.69) is 18.8 Å². The highest BCUT2D eigenvalue weighted by atomic mass is 32.2. The molecule has 3 nitrogen and oxygen atoms in total. The molecule has 0 aliphatic carbocycles. The van der Waals surface area contributed by atoms with Crippen molar-refractivity contribution in [1.29, 1.82) is 0 Å². The van der Waals surface area contributed by atoms with E-state index in [9.17, 15) is 8.78 Å². The van der Waals surface area contributed by atoms with Crippen LogP contribution in [0.25, 0.3) is 0 Å². The molecule has 3 atom stereocenters. The Bertz CT molecular complexity index is 623. The summed E-state index contributed by atoms with van der Waals surface area (Å²) in [5.74, 6) is 0.293. The van der Waals surface area contributed by atoms with Crippen molar-refractivity contribution in [2.24, 2.45) is 22.6 Å². The number of hydrogen-bond acceptors (Lipinski definition) is 4. The molecular formula is C17H22F2N2OS. The highest BCUT2D eigenvalue weighted by Gasteiger charge is 2.49. The van der Waals surface area contributed by atoms with Gasteiger partial charge in [-0.25, -0.2) is 13.8 Å². The van der Waals surface area contributed by atoms with Crippen LogP contribution in [0.2, 0.25) is 0 Å². The standard InChI is InChI=1S/C17H22F2N2OS/c1-10(2)5-13-6-11-8-23-16(20)21-17(11,9-22-13)14-4-3-12(18)7-15(14)19/h3-4,7,10-11,13H,5-6,8-9H2,1-2H3,(H2,20,21)/t11-,13-,17-/m0/s1. The van der Waals surface area contributed by atoms with Gasteiger partial charge in [-0.2, -0.15) is 0 Å². The molecule has 0 saturated carbocycles. The Hall–Kier alpha value is -1.14. The molecule has 2 aliphatic rings. The van der Waals surface area contributed by atoms with Crippen molar-refractivity contribution in [2.45, 2.75) is 38.3 Å². The lowest BCUT2D eigenvalue weighted by Gasteiger charge is -2.46. The van der Waals surface area contributed by atoms with E-state index in [0.717, 1.165) is 24.7 Å². The van der Waals surface area contributed by atoms with E-state index in [1.807, 2.05) is 0 Å². The summed E-state index contributed by atoms with van der Waals surface area (Å²) in [6.07, 6.45) is 1.95. The van der Waals surface area contributed by atoms with E-state index in [1.54, 1.807) is 0 Å². The molecule has 1 aromatic carbocycles. The van der Waals surface area contributed by atoms with E-state index < -0.39 is 17.2 Å². The van der Waals surface area contributed by atoms with E-state index >= 15 is 0 Å². The first-order valence-corrected chi connectivity index (χ1v) is 8.94. The minimum absolute atomic E-state index is 0.136. The maximum absolute atomic E-state index is 14.4. The summed E-state index contributed by atoms with van der Waals surface area (Å²) in [6, 6.07) is 3.67. The fourth-order valence-corrected chi connectivity index (χ4v) is 4.59. The van der Waals surface area contributed by atoms with Gasteiger partial charge in [0.1, 0.15) is 17.2 Å². The molecule has 6 heteroatoms. The van der Waals surface area contributed by atoms with Gasteiger partial charge in [0.15, 0.2) is 5.17 Å². The van der Waals surface area contributed by atoms with Gasteiger partial charge in [-0.3, -0.25) is 0 Å². The van der Waals surface area contributed by atoms with Gasteiger partial charge in [0, 0.05) is 23.3 Å². The Kier molecular flexibility index (Phi) is 4.65. The van der Waals surface area contributed by atoms with Crippen LogP contribution in [0.5, 0.6) is 0 Å². The van der Waals surface area contributed by atoms with Crippen molar-refractivity contribution in [2.75, 3.05) is 12.4 Å². The molecule has 0 amide bonds. The first kappa shape index (κ1) is 16.7. The first-order chi connectivity index (χ1) is 10.9. The number of thioether (sulfide) groups is 1. The molecule has 2 heterocycles. The maximum Gasteiger partial charge on any atom is 0.154 e. The zero-order valence-electron chi connectivity index (χ0n) is 13.4. The largest absolute Gasteiger partial charge is 0.379 e. The van der Waals surface area contributed by atoms with E-state index in [0.29, 0.717) is 23.3 Å². The number of fused-ring (bicyclic) bond motifs is 1. The van der Waals surface area contributed by atoms with Crippen molar-refractivity contribution in [3.05, 3.63) is 35.4 Å². The topological polar surface area (TPSA) is 47.6 Å². The van der Waals surface area contributed by atoms with E-state index in [4.69, 9.17) is 10.5 Å². The van der Waals surface area contributed by atoms with Gasteiger partial charge in [-0.05, 0) is 24.8 Å². The van der Waals surface area contributed by atoms with Crippen LogP contribution in [-0.2, 0) is 10.3 Å². The third-order valence-corrected chi connectivity index (χ3v) is 5.59. The van der Waals surface area contributed by atoms with Crippen LogP contribution in [-0.4, -0.2) is 23.6 Å². The molecular weight excluding hydrogens is 318 g/mol. The highest BCUT2D eigenvalue weighted by molar-refractivity contribution is 8.13. The second-order valence-corrected chi connectivity index (χ2v) is 7.84. The number of nitrogens with two attached hydrogens (primary N) is 1. The third kappa shape index (κ3) is 3.24. The second-order valence-electron chi connectivity index (χ2n) is 6.80. The van der Waals surface area contributed by atoms with E-state index in [-0.39, 0.29) is 12.0 Å². The van der Waals surface area contributed by atoms with Crippen LogP contribution >= 0.6 is 11.8 Å². The molecule has 1 saturated heterocycles. The number of ether oxygens (including phenoxy) is 1. The molecule has 0 bridgehead atoms. The van der Waals surface area contributed by atoms with Gasteiger partial charge in [-0.1, -0.05) is 31.7 Å². The van der Waals surface area contributed by atoms with Crippen LogP contribution in [0.4, 0.5) is 8.78 Å². The lowest BCUT2D eigenvalue weighted by atomic mass is 9.74. The smallest absolute Gasteiger partial charge is 0.154 e. The number of nitrogens with zero attached hydrogens (tertiary/aromatic N) is 1. The Labute approximate surface area is 139 Å². The number of benzene rings is 1. The SMILES string of the molecule is CC(C)C[C@H]1C[C@H]2CSC(N)=N[C@@]2(c2ccc(F)cc2F)CO1. The summed E-state index contributed by atoms with van der Waals surface area (Å²) in [6.45, 7) is 4.62. The highest BCUT2D eigenvalue weighted by Crippen LogP contribution is 2.47. The average Bonchev–Trinajstić information content (AvgIpc) is 2.46. The fraction of sp³-hybridized carbons (Fsp3) is 0.588. The quantitative estimate of drug-likeness (QED) is 0.913. The minimum atomic E-state index is -0.833. The van der Waals surface area contributed by atoms with Crippen LogP contribution < -0.4 is 5.73 Å². The number of hydrogen-bond donors (Lipinski definition) is 1. The summed E-state index contributed by atoms with van der Waals surface area (Å²) in [5, 5.41) is 0.441. The molecule has 0 aromatic heterocycles. The zero-order chi connectivity index (χ0) is 16.6. The number of halogens is 2. The van der Waals surface area contributed by atoms with Crippen LogP contribution in [0.15, 0.2) is 23.2 Å². The molecule has 1 fully saturated rings. The zero-order valence-corrected chi connectivity index (χ0v) is 14.2. The monoisotopic (exact) mass is 340 g/mol. The van der Waals surface area contributed by atoms with Crippen molar-refractivity contribution in [3.8, 4) is 0 Å². The van der Waals surface area contributed by atoms with Crippen molar-refractivity contribution >= 4 is 16.9 Å². The average molecular weight is 340 g/mol. The third-order valence-electron chi connectivity index (χ3n) is 4.64. The molecule has 3 rings (SSSR count). The number of rotatable bonds is 3. The minimum Gasteiger partial charge on any atom is -0.379 e. The van der Waals surface area contributed by atoms with Crippen LogP contribution in [0.3, 0.4) is 0 Å². The molecule has 2 N–H and O–H groups in total. The second kappa shape index (κ2) is 6.40. The van der Waals surface area contributed by atoms with E-state index in [1.165, 1.54) is 23.9 Å². The molecule has 126 valence electrons. The summed E-state index contributed by atoms with van der Waals surface area (Å²) in [4.78, 5) is 4.58. The van der Waals surface area contributed by atoms with Crippen molar-refractivity contribution in [3.63, 3.8) is 0 Å². The first-order valence-electron chi connectivity index (χ1n) is 7.96. The maximum atomic E-state index is 14.4. The van der Waals surface area contributed by atoms with Gasteiger partial charge in [0.2, 0.25) is 0 Å². The number of amidine groups is 1. The molecule has 0 radical (unpaired) electrons. The Balaban J connectivity index is 1.97. The van der Waals surface area contributed by atoms with Gasteiger partial charge in [-0.15, -0.1) is 0 Å². The molecule has 1 aromatic rings. The van der Waals surface area contributed by atoms with Crippen LogP contribution in [0, 0.1) is 23.5 Å². The predicted octanol–water partition coefficient (Wildman–Crippen LogP) is 3.67. The van der Waals surface area contributed by atoms with Crippen LogP contribution in [0.1, 0.15) is 32.3 Å². The Morgan fingerprint density at radius 1 is 1.43 bits per heavy atom. The lowest BCUT2D eigenvalue weighted by Crippen LogP contribution is -2.50. The lowest BCUT2D eigenvalue weighted by molar-refractivity contribution is -0.0644. The van der Waals surface area contributed by atoms with Gasteiger partial charge in [0.05, 0.1) is 12.7 Å². The predicted molar refractivity (Wildman–Crippen MR) is 89.4 cm³/mol. The summed E-state index contributed by atoms with van der Waals surface area (Å²) < 4.78 is 33.7. The van der Waals surface area contributed by atoms with Crippen molar-refractivity contribution in [1.82, 2.24) is 0 Å². The fourth-order valence-electron chi connectivity index (χ4n) is 3.58. The Morgan fingerprint density at radius 2 is 2.22 bits per heavy atom. The molecule has 2 aliphatic heterocycles. The van der Waals surface area contributed by atoms with Gasteiger partial charge in [0.25, 0.3) is 0 Å². The van der Waals surface area contributed by atoms with Crippen molar-refractivity contribution < 1.29 is 13.5 Å².